The Morgan fingerprint density at radius 3 is 2.31 bits per heavy atom. The number of allylic oxidation sites excluding steroid dienone is 4. The number of rotatable bonds is 0. The minimum atomic E-state index is -2.94. The van der Waals surface area contributed by atoms with Gasteiger partial charge in [0.15, 0.2) is 9.84 Å². The first-order valence-electron chi connectivity index (χ1n) is 5.75. The maximum Gasteiger partial charge on any atom is 0.161 e. The summed E-state index contributed by atoms with van der Waals surface area (Å²) in [5.41, 5.74) is 2.22. The van der Waals surface area contributed by atoms with Gasteiger partial charge in [0.25, 0.3) is 0 Å². The van der Waals surface area contributed by atoms with E-state index in [-0.39, 0.29) is 16.9 Å². The molecule has 0 aromatic heterocycles. The molecule has 0 radical (unpaired) electrons. The van der Waals surface area contributed by atoms with Crippen LogP contribution in [0.25, 0.3) is 0 Å². The molecule has 2 rings (SSSR count). The molecule has 0 spiro atoms. The van der Waals surface area contributed by atoms with Crippen molar-refractivity contribution in [2.75, 3.05) is 5.75 Å². The van der Waals surface area contributed by atoms with Gasteiger partial charge >= 0.3 is 0 Å². The van der Waals surface area contributed by atoms with Crippen LogP contribution in [0.15, 0.2) is 35.5 Å². The van der Waals surface area contributed by atoms with Gasteiger partial charge in [-0.05, 0) is 19.4 Å². The SMILES string of the molecule is CC.CC(C)=C1CS(=O)(=O)C2C=CC=CC12. The van der Waals surface area contributed by atoms with Gasteiger partial charge in [0.2, 0.25) is 0 Å². The van der Waals surface area contributed by atoms with Crippen LogP contribution in [0.2, 0.25) is 0 Å². The van der Waals surface area contributed by atoms with E-state index in [9.17, 15) is 8.42 Å². The lowest BCUT2D eigenvalue weighted by molar-refractivity contribution is 0.592. The van der Waals surface area contributed by atoms with Crippen LogP contribution in [0.5, 0.6) is 0 Å². The van der Waals surface area contributed by atoms with Crippen molar-refractivity contribution in [3.8, 4) is 0 Å². The average molecular weight is 240 g/mol. The molecule has 3 heteroatoms. The number of hydrogen-bond acceptors (Lipinski definition) is 2. The second-order valence-electron chi connectivity index (χ2n) is 4.09. The summed E-state index contributed by atoms with van der Waals surface area (Å²) in [6, 6.07) is 0. The van der Waals surface area contributed by atoms with E-state index in [1.165, 1.54) is 0 Å². The molecule has 16 heavy (non-hydrogen) atoms. The molecule has 0 saturated carbocycles. The Labute approximate surface area is 98.7 Å². The summed E-state index contributed by atoms with van der Waals surface area (Å²) in [6.45, 7) is 7.97. The molecule has 1 fully saturated rings. The highest BCUT2D eigenvalue weighted by atomic mass is 32.2. The summed E-state index contributed by atoms with van der Waals surface area (Å²) in [5.74, 6) is 0.328. The van der Waals surface area contributed by atoms with Crippen molar-refractivity contribution in [3.05, 3.63) is 35.5 Å². The third-order valence-electron chi connectivity index (χ3n) is 2.90. The summed E-state index contributed by atoms with van der Waals surface area (Å²) in [5, 5.41) is -0.308. The molecular weight excluding hydrogens is 220 g/mol. The molecule has 0 bridgehead atoms. The fourth-order valence-corrected chi connectivity index (χ4v) is 4.27. The Morgan fingerprint density at radius 2 is 1.75 bits per heavy atom. The first kappa shape index (κ1) is 13.2. The summed E-state index contributed by atoms with van der Waals surface area (Å²) in [7, 11) is -2.94. The predicted molar refractivity (Wildman–Crippen MR) is 69.1 cm³/mol. The molecule has 2 nitrogen and oxygen atoms in total. The largest absolute Gasteiger partial charge is 0.228 e. The van der Waals surface area contributed by atoms with Gasteiger partial charge < -0.3 is 0 Å². The van der Waals surface area contributed by atoms with E-state index in [0.717, 1.165) is 11.1 Å². The van der Waals surface area contributed by atoms with Crippen LogP contribution in [0.3, 0.4) is 0 Å². The Bertz CT molecular complexity index is 435. The Morgan fingerprint density at radius 1 is 1.19 bits per heavy atom. The van der Waals surface area contributed by atoms with Crippen molar-refractivity contribution in [1.29, 1.82) is 0 Å². The fraction of sp³-hybridized carbons (Fsp3) is 0.538. The van der Waals surface area contributed by atoms with Gasteiger partial charge in [0.1, 0.15) is 0 Å². The lowest BCUT2D eigenvalue weighted by Crippen LogP contribution is -2.20. The standard InChI is InChI=1S/C11H14O2S.C2H6/c1-8(2)10-7-14(12,13)11-6-4-3-5-9(10)11;1-2/h3-6,9,11H,7H2,1-2H3;1-2H3. The van der Waals surface area contributed by atoms with Crippen LogP contribution in [0.1, 0.15) is 27.7 Å². The predicted octanol–water partition coefficient (Wildman–Crippen LogP) is 2.89. The number of sulfone groups is 1. The van der Waals surface area contributed by atoms with Crippen molar-refractivity contribution in [2.45, 2.75) is 32.9 Å². The molecule has 0 aromatic carbocycles. The highest BCUT2D eigenvalue weighted by Gasteiger charge is 2.41. The minimum absolute atomic E-state index is 0.0926. The lowest BCUT2D eigenvalue weighted by Gasteiger charge is -2.15. The molecule has 1 aliphatic heterocycles. The van der Waals surface area contributed by atoms with Crippen molar-refractivity contribution in [2.24, 2.45) is 5.92 Å². The Balaban J connectivity index is 0.000000606. The molecule has 1 saturated heterocycles. The zero-order chi connectivity index (χ0) is 12.3. The van der Waals surface area contributed by atoms with Gasteiger partial charge in [-0.15, -0.1) is 0 Å². The smallest absolute Gasteiger partial charge is 0.161 e. The van der Waals surface area contributed by atoms with Crippen molar-refractivity contribution in [1.82, 2.24) is 0 Å². The maximum absolute atomic E-state index is 11.8. The molecule has 2 unspecified atom stereocenters. The second-order valence-corrected chi connectivity index (χ2v) is 6.25. The third kappa shape index (κ3) is 2.29. The molecule has 0 amide bonds. The van der Waals surface area contributed by atoms with Gasteiger partial charge in [-0.1, -0.05) is 43.7 Å². The van der Waals surface area contributed by atoms with Crippen LogP contribution >= 0.6 is 0 Å². The Hall–Kier alpha value is -0.830. The van der Waals surface area contributed by atoms with E-state index < -0.39 is 9.84 Å². The van der Waals surface area contributed by atoms with E-state index in [0.29, 0.717) is 0 Å². The number of fused-ring (bicyclic) bond motifs is 1. The highest BCUT2D eigenvalue weighted by Crippen LogP contribution is 2.37. The second kappa shape index (κ2) is 5.00. The topological polar surface area (TPSA) is 34.1 Å². The maximum atomic E-state index is 11.8. The van der Waals surface area contributed by atoms with E-state index in [4.69, 9.17) is 0 Å². The van der Waals surface area contributed by atoms with Crippen LogP contribution in [0, 0.1) is 5.92 Å². The van der Waals surface area contributed by atoms with Crippen LogP contribution in [-0.4, -0.2) is 19.4 Å². The zero-order valence-electron chi connectivity index (χ0n) is 10.4. The normalized spacial score (nSPS) is 29.4. The van der Waals surface area contributed by atoms with Crippen LogP contribution in [-0.2, 0) is 9.84 Å². The summed E-state index contributed by atoms with van der Waals surface area (Å²) >= 11 is 0. The van der Waals surface area contributed by atoms with Gasteiger partial charge in [0.05, 0.1) is 11.0 Å². The van der Waals surface area contributed by atoms with Gasteiger partial charge in [-0.2, -0.15) is 0 Å². The molecule has 1 aliphatic carbocycles. The Kier molecular flexibility index (Phi) is 4.14. The van der Waals surface area contributed by atoms with E-state index in [1.807, 2.05) is 45.9 Å². The molecule has 2 atom stereocenters. The first-order valence-corrected chi connectivity index (χ1v) is 7.47. The van der Waals surface area contributed by atoms with E-state index in [2.05, 4.69) is 0 Å². The molecule has 2 aliphatic rings. The molecule has 0 aromatic rings. The quantitative estimate of drug-likeness (QED) is 0.610. The third-order valence-corrected chi connectivity index (χ3v) is 4.89. The molecular formula is C13H20O2S. The van der Waals surface area contributed by atoms with Crippen LogP contribution < -0.4 is 0 Å². The van der Waals surface area contributed by atoms with Crippen molar-refractivity contribution < 1.29 is 8.42 Å². The minimum Gasteiger partial charge on any atom is -0.228 e. The van der Waals surface area contributed by atoms with E-state index >= 15 is 0 Å². The summed E-state index contributed by atoms with van der Waals surface area (Å²) < 4.78 is 23.6. The van der Waals surface area contributed by atoms with E-state index in [1.54, 1.807) is 6.08 Å². The van der Waals surface area contributed by atoms with Crippen molar-refractivity contribution in [3.63, 3.8) is 0 Å². The molecule has 90 valence electrons. The van der Waals surface area contributed by atoms with Crippen molar-refractivity contribution >= 4 is 9.84 Å². The summed E-state index contributed by atoms with van der Waals surface area (Å²) in [6.07, 6.45) is 7.56. The first-order chi connectivity index (χ1) is 7.52. The molecule has 1 heterocycles. The fourth-order valence-electron chi connectivity index (χ4n) is 2.13. The van der Waals surface area contributed by atoms with Gasteiger partial charge in [0, 0.05) is 5.92 Å². The average Bonchev–Trinajstić information content (AvgIpc) is 2.55. The highest BCUT2D eigenvalue weighted by molar-refractivity contribution is 7.92. The van der Waals surface area contributed by atoms with Gasteiger partial charge in [-0.25, -0.2) is 8.42 Å². The van der Waals surface area contributed by atoms with Crippen LogP contribution in [0.4, 0.5) is 0 Å². The summed E-state index contributed by atoms with van der Waals surface area (Å²) in [4.78, 5) is 0. The van der Waals surface area contributed by atoms with Gasteiger partial charge in [-0.3, -0.25) is 0 Å². The monoisotopic (exact) mass is 240 g/mol. The number of hydrogen-bond donors (Lipinski definition) is 0. The lowest BCUT2D eigenvalue weighted by atomic mass is 9.91. The zero-order valence-corrected chi connectivity index (χ0v) is 11.2. The molecule has 0 N–H and O–H groups in total.